The van der Waals surface area contributed by atoms with Gasteiger partial charge in [-0.05, 0) is 19.1 Å². The Morgan fingerprint density at radius 2 is 2.12 bits per heavy atom. The lowest BCUT2D eigenvalue weighted by molar-refractivity contribution is 0.101. The van der Waals surface area contributed by atoms with E-state index >= 15 is 0 Å². The molecule has 0 atom stereocenters. The van der Waals surface area contributed by atoms with Crippen LogP contribution in [0.4, 0.5) is 0 Å². The van der Waals surface area contributed by atoms with E-state index in [0.29, 0.717) is 23.1 Å². The van der Waals surface area contributed by atoms with Crippen LogP contribution in [0.15, 0.2) is 28.7 Å². The number of carbonyl (C=O) groups excluding carboxylic acids is 1. The van der Waals surface area contributed by atoms with Crippen molar-refractivity contribution in [2.24, 2.45) is 0 Å². The molecule has 88 valence electrons. The molecule has 0 unspecified atom stereocenters. The highest BCUT2D eigenvalue weighted by atomic mass is 16.5. The molecule has 1 aromatic heterocycles. The third-order valence-corrected chi connectivity index (χ3v) is 2.19. The van der Waals surface area contributed by atoms with Crippen molar-refractivity contribution in [1.82, 2.24) is 10.2 Å². The summed E-state index contributed by atoms with van der Waals surface area (Å²) < 4.78 is 10.7. The summed E-state index contributed by atoms with van der Waals surface area (Å²) in [6, 6.07) is 7.05. The molecule has 0 radical (unpaired) electrons. The average Bonchev–Trinajstić information content (AvgIpc) is 2.73. The molecule has 0 spiro atoms. The summed E-state index contributed by atoms with van der Waals surface area (Å²) in [5.74, 6) is 1.36. The van der Waals surface area contributed by atoms with Crippen molar-refractivity contribution < 1.29 is 13.9 Å². The van der Waals surface area contributed by atoms with E-state index in [1.807, 2.05) is 0 Å². The Labute approximate surface area is 98.4 Å². The smallest absolute Gasteiger partial charge is 0.253 e. The normalized spacial score (nSPS) is 10.2. The first-order chi connectivity index (χ1) is 8.16. The van der Waals surface area contributed by atoms with Crippen LogP contribution < -0.4 is 4.74 Å². The van der Waals surface area contributed by atoms with Gasteiger partial charge in [0.15, 0.2) is 12.4 Å². The van der Waals surface area contributed by atoms with E-state index in [-0.39, 0.29) is 12.4 Å². The van der Waals surface area contributed by atoms with Crippen LogP contribution in [0.3, 0.4) is 0 Å². The van der Waals surface area contributed by atoms with E-state index in [9.17, 15) is 4.79 Å². The third kappa shape index (κ3) is 2.69. The monoisotopic (exact) mass is 232 g/mol. The first-order valence-electron chi connectivity index (χ1n) is 5.18. The van der Waals surface area contributed by atoms with Crippen molar-refractivity contribution in [3.63, 3.8) is 0 Å². The Kier molecular flexibility index (Phi) is 3.18. The van der Waals surface area contributed by atoms with Crippen LogP contribution in [0.2, 0.25) is 0 Å². The van der Waals surface area contributed by atoms with Gasteiger partial charge in [0, 0.05) is 6.92 Å². The lowest BCUT2D eigenvalue weighted by Gasteiger charge is -2.06. The van der Waals surface area contributed by atoms with Crippen LogP contribution in [0.5, 0.6) is 5.75 Å². The predicted molar refractivity (Wildman–Crippen MR) is 59.8 cm³/mol. The molecule has 0 bridgehead atoms. The maximum atomic E-state index is 11.4. The number of ether oxygens (including phenoxy) is 1. The van der Waals surface area contributed by atoms with Gasteiger partial charge < -0.3 is 9.15 Å². The zero-order valence-electron chi connectivity index (χ0n) is 9.64. The molecule has 5 nitrogen and oxygen atoms in total. The van der Waals surface area contributed by atoms with Crippen molar-refractivity contribution in [1.29, 1.82) is 0 Å². The summed E-state index contributed by atoms with van der Waals surface area (Å²) in [6.45, 7) is 3.37. The molecule has 0 saturated heterocycles. The molecule has 1 heterocycles. The first-order valence-corrected chi connectivity index (χ1v) is 5.18. The van der Waals surface area contributed by atoms with Gasteiger partial charge in [-0.3, -0.25) is 4.79 Å². The highest BCUT2D eigenvalue weighted by Crippen LogP contribution is 2.19. The summed E-state index contributed by atoms with van der Waals surface area (Å²) in [6.07, 6.45) is 0. The second-order valence-electron chi connectivity index (χ2n) is 3.56. The van der Waals surface area contributed by atoms with E-state index in [1.165, 1.54) is 6.92 Å². The van der Waals surface area contributed by atoms with Gasteiger partial charge in [0.05, 0.1) is 5.56 Å². The lowest BCUT2D eigenvalue weighted by atomic mass is 10.1. The molecule has 17 heavy (non-hydrogen) atoms. The Bertz CT molecular complexity index is 534. The Morgan fingerprint density at radius 1 is 1.35 bits per heavy atom. The van der Waals surface area contributed by atoms with Crippen LogP contribution >= 0.6 is 0 Å². The molecule has 0 aliphatic heterocycles. The Balaban J connectivity index is 2.11. The quantitative estimate of drug-likeness (QED) is 0.756. The Morgan fingerprint density at radius 3 is 2.76 bits per heavy atom. The fraction of sp³-hybridized carbons (Fsp3) is 0.250. The first kappa shape index (κ1) is 11.3. The van der Waals surface area contributed by atoms with E-state index < -0.39 is 0 Å². The van der Waals surface area contributed by atoms with Gasteiger partial charge >= 0.3 is 0 Å². The number of nitrogens with zero attached hydrogens (tertiary/aromatic N) is 2. The molecule has 2 aromatic rings. The molecule has 0 amide bonds. The number of carbonyl (C=O) groups is 1. The molecule has 1 aromatic carbocycles. The fourth-order valence-corrected chi connectivity index (χ4v) is 1.42. The number of Topliss-reactive ketones (excluding diaryl/α,β-unsaturated/α-hetero) is 1. The second-order valence-corrected chi connectivity index (χ2v) is 3.56. The number of ketones is 1. The molecule has 0 N–H and O–H groups in total. The molecule has 0 aliphatic carbocycles. The van der Waals surface area contributed by atoms with Crippen LogP contribution in [0, 0.1) is 6.92 Å². The van der Waals surface area contributed by atoms with Crippen molar-refractivity contribution in [3.05, 3.63) is 41.6 Å². The third-order valence-electron chi connectivity index (χ3n) is 2.19. The predicted octanol–water partition coefficient (Wildman–Crippen LogP) is 2.16. The highest BCUT2D eigenvalue weighted by molar-refractivity contribution is 5.96. The van der Waals surface area contributed by atoms with Gasteiger partial charge in [0.25, 0.3) is 5.89 Å². The molecule has 5 heteroatoms. The molecule has 0 aliphatic rings. The lowest BCUT2D eigenvalue weighted by Crippen LogP contribution is -2.01. The minimum Gasteiger partial charge on any atom is -0.483 e. The van der Waals surface area contributed by atoms with Gasteiger partial charge in [-0.2, -0.15) is 0 Å². The van der Waals surface area contributed by atoms with Crippen LogP contribution in [0.25, 0.3) is 0 Å². The van der Waals surface area contributed by atoms with Crippen molar-refractivity contribution >= 4 is 5.78 Å². The number of rotatable bonds is 4. The number of aryl methyl sites for hydroxylation is 1. The second kappa shape index (κ2) is 4.78. The van der Waals surface area contributed by atoms with Crippen molar-refractivity contribution in [2.75, 3.05) is 0 Å². The summed E-state index contributed by atoms with van der Waals surface area (Å²) >= 11 is 0. The van der Waals surface area contributed by atoms with E-state index in [0.717, 1.165) is 0 Å². The zero-order valence-corrected chi connectivity index (χ0v) is 9.64. The zero-order chi connectivity index (χ0) is 12.3. The van der Waals surface area contributed by atoms with Gasteiger partial charge in [-0.1, -0.05) is 12.1 Å². The number of hydrogen-bond donors (Lipinski definition) is 0. The minimum absolute atomic E-state index is 0.0395. The number of para-hydroxylation sites is 1. The SMILES string of the molecule is CC(=O)c1ccccc1OCc1nnc(C)o1. The minimum atomic E-state index is -0.0395. The molecule has 0 saturated carbocycles. The van der Waals surface area contributed by atoms with E-state index in [2.05, 4.69) is 10.2 Å². The summed E-state index contributed by atoms with van der Waals surface area (Å²) in [4.78, 5) is 11.4. The summed E-state index contributed by atoms with van der Waals surface area (Å²) in [5, 5.41) is 7.50. The van der Waals surface area contributed by atoms with Crippen LogP contribution in [0.1, 0.15) is 29.1 Å². The highest BCUT2D eigenvalue weighted by Gasteiger charge is 2.09. The maximum absolute atomic E-state index is 11.4. The maximum Gasteiger partial charge on any atom is 0.253 e. The topological polar surface area (TPSA) is 65.2 Å². The van der Waals surface area contributed by atoms with Gasteiger partial charge in [-0.25, -0.2) is 0 Å². The van der Waals surface area contributed by atoms with Crippen molar-refractivity contribution in [2.45, 2.75) is 20.5 Å². The summed E-state index contributed by atoms with van der Waals surface area (Å²) in [7, 11) is 0. The van der Waals surface area contributed by atoms with E-state index in [1.54, 1.807) is 31.2 Å². The van der Waals surface area contributed by atoms with Crippen molar-refractivity contribution in [3.8, 4) is 5.75 Å². The van der Waals surface area contributed by atoms with Gasteiger partial charge in [-0.15, -0.1) is 10.2 Å². The van der Waals surface area contributed by atoms with E-state index in [4.69, 9.17) is 9.15 Å². The summed E-state index contributed by atoms with van der Waals surface area (Å²) in [5.41, 5.74) is 0.545. The number of hydrogen-bond acceptors (Lipinski definition) is 5. The molecule has 2 rings (SSSR count). The molecule has 0 fully saturated rings. The van der Waals surface area contributed by atoms with Gasteiger partial charge in [0.2, 0.25) is 5.89 Å². The fourth-order valence-electron chi connectivity index (χ4n) is 1.42. The number of benzene rings is 1. The number of aromatic nitrogens is 2. The standard InChI is InChI=1S/C12H12N2O3/c1-8(15)10-5-3-4-6-11(10)16-7-12-14-13-9(2)17-12/h3-6H,7H2,1-2H3. The average molecular weight is 232 g/mol. The van der Waals surface area contributed by atoms with Crippen LogP contribution in [-0.4, -0.2) is 16.0 Å². The largest absolute Gasteiger partial charge is 0.483 e. The molecular formula is C12H12N2O3. The van der Waals surface area contributed by atoms with Gasteiger partial charge in [0.1, 0.15) is 5.75 Å². The molecular weight excluding hydrogens is 220 g/mol. The van der Waals surface area contributed by atoms with Crippen LogP contribution in [-0.2, 0) is 6.61 Å². The Hall–Kier alpha value is -2.17.